The van der Waals surface area contributed by atoms with Crippen LogP contribution in [0.5, 0.6) is 23.0 Å². The van der Waals surface area contributed by atoms with Gasteiger partial charge in [0.2, 0.25) is 0 Å². The van der Waals surface area contributed by atoms with Crippen molar-refractivity contribution >= 4 is 38.6 Å². The van der Waals surface area contributed by atoms with Gasteiger partial charge in [0.1, 0.15) is 0 Å². The van der Waals surface area contributed by atoms with Crippen molar-refractivity contribution in [3.8, 4) is 45.3 Å². The second-order valence-corrected chi connectivity index (χ2v) is 12.5. The Morgan fingerprint density at radius 1 is 0.500 bits per heavy atom. The molecule has 7 aromatic carbocycles. The van der Waals surface area contributed by atoms with E-state index >= 15 is 0 Å². The van der Waals surface area contributed by atoms with E-state index in [0.29, 0.717) is 0 Å². The van der Waals surface area contributed by atoms with Crippen LogP contribution in [0.4, 0.5) is 17.1 Å². The molecule has 208 valence electrons. The zero-order valence-corrected chi connectivity index (χ0v) is 24.4. The molecule has 3 nitrogen and oxygen atoms in total. The van der Waals surface area contributed by atoms with Crippen molar-refractivity contribution in [3.63, 3.8) is 0 Å². The number of hydrogen-bond acceptors (Lipinski definition) is 3. The molecule has 7 aromatic rings. The van der Waals surface area contributed by atoms with Gasteiger partial charge in [-0.3, -0.25) is 0 Å². The number of hydrogen-bond donors (Lipinski definition) is 0. The first kappa shape index (κ1) is 24.0. The third-order valence-electron chi connectivity index (χ3n) is 9.82. The van der Waals surface area contributed by atoms with E-state index in [0.717, 1.165) is 72.7 Å². The molecule has 2 heterocycles. The fraction of sp³-hybridized carbons (Fsp3) is 0.0732. The fourth-order valence-corrected chi connectivity index (χ4v) is 7.73. The van der Waals surface area contributed by atoms with E-state index in [4.69, 9.17) is 9.47 Å². The standard InChI is InChI=1S/C41H27NO2/c1-41(2)32-16-7-5-13-28(32)29-20-19-26(23-33(29)41)42-34-17-8-6-14-30(34)31-15-9-11-24-18-21-36-40(37(24)31)44-39-35(42)22-25-10-3-4-12-27(25)38(39)43-36/h3-23H,1-2H3. The van der Waals surface area contributed by atoms with Crippen molar-refractivity contribution in [2.45, 2.75) is 19.3 Å². The average molecular weight is 566 g/mol. The minimum Gasteiger partial charge on any atom is -0.449 e. The van der Waals surface area contributed by atoms with Crippen LogP contribution >= 0.6 is 0 Å². The van der Waals surface area contributed by atoms with Crippen LogP contribution < -0.4 is 14.4 Å². The lowest BCUT2D eigenvalue weighted by molar-refractivity contribution is 0.368. The molecule has 0 saturated heterocycles. The highest BCUT2D eigenvalue weighted by Crippen LogP contribution is 2.60. The molecule has 2 aliphatic heterocycles. The van der Waals surface area contributed by atoms with Crippen LogP contribution in [0.25, 0.3) is 43.8 Å². The molecular weight excluding hydrogens is 538 g/mol. The number of benzene rings is 7. The van der Waals surface area contributed by atoms with E-state index in [1.165, 1.54) is 22.3 Å². The smallest absolute Gasteiger partial charge is 0.194 e. The first-order valence-electron chi connectivity index (χ1n) is 15.2. The Bertz CT molecular complexity index is 2380. The summed E-state index contributed by atoms with van der Waals surface area (Å²) >= 11 is 0. The maximum absolute atomic E-state index is 7.04. The van der Waals surface area contributed by atoms with Crippen LogP contribution in [0.15, 0.2) is 127 Å². The van der Waals surface area contributed by atoms with Crippen molar-refractivity contribution < 1.29 is 9.47 Å². The number of ether oxygens (including phenoxy) is 2. The van der Waals surface area contributed by atoms with E-state index in [-0.39, 0.29) is 5.41 Å². The Morgan fingerprint density at radius 3 is 2.18 bits per heavy atom. The fourth-order valence-electron chi connectivity index (χ4n) is 7.73. The van der Waals surface area contributed by atoms with Gasteiger partial charge in [0.05, 0.1) is 11.4 Å². The summed E-state index contributed by atoms with van der Waals surface area (Å²) in [6, 6.07) is 45.8. The lowest BCUT2D eigenvalue weighted by Gasteiger charge is -2.32. The summed E-state index contributed by atoms with van der Waals surface area (Å²) in [6.45, 7) is 4.67. The number of nitrogens with zero attached hydrogens (tertiary/aromatic N) is 1. The Morgan fingerprint density at radius 2 is 1.25 bits per heavy atom. The third kappa shape index (κ3) is 3.01. The number of anilines is 3. The second kappa shape index (κ2) is 8.30. The molecule has 0 saturated carbocycles. The van der Waals surface area contributed by atoms with E-state index in [9.17, 15) is 0 Å². The van der Waals surface area contributed by atoms with Gasteiger partial charge in [-0.1, -0.05) is 111 Å². The highest BCUT2D eigenvalue weighted by molar-refractivity contribution is 6.09. The molecule has 0 fully saturated rings. The van der Waals surface area contributed by atoms with Crippen LogP contribution in [-0.4, -0.2) is 0 Å². The molecule has 0 atom stereocenters. The highest BCUT2D eigenvalue weighted by Gasteiger charge is 2.37. The molecule has 10 rings (SSSR count). The van der Waals surface area contributed by atoms with Crippen molar-refractivity contribution in [3.05, 3.63) is 139 Å². The van der Waals surface area contributed by atoms with Gasteiger partial charge in [-0.25, -0.2) is 0 Å². The average Bonchev–Trinajstić information content (AvgIpc) is 3.31. The summed E-state index contributed by atoms with van der Waals surface area (Å²) in [5, 5.41) is 4.32. The summed E-state index contributed by atoms with van der Waals surface area (Å²) in [4.78, 5) is 2.37. The van der Waals surface area contributed by atoms with Gasteiger partial charge in [-0.2, -0.15) is 0 Å². The maximum Gasteiger partial charge on any atom is 0.194 e. The quantitative estimate of drug-likeness (QED) is 0.198. The maximum atomic E-state index is 7.04. The zero-order valence-electron chi connectivity index (χ0n) is 24.4. The normalized spacial score (nSPS) is 14.6. The minimum atomic E-state index is -0.125. The number of para-hydroxylation sites is 1. The minimum absolute atomic E-state index is 0.125. The molecule has 0 N–H and O–H groups in total. The Labute approximate surface area is 255 Å². The van der Waals surface area contributed by atoms with Gasteiger partial charge in [-0.15, -0.1) is 0 Å². The van der Waals surface area contributed by atoms with Crippen LogP contribution in [0, 0.1) is 0 Å². The van der Waals surface area contributed by atoms with Gasteiger partial charge in [0, 0.05) is 27.4 Å². The Balaban J connectivity index is 1.34. The third-order valence-corrected chi connectivity index (χ3v) is 9.82. The van der Waals surface area contributed by atoms with E-state index < -0.39 is 0 Å². The Kier molecular flexibility index (Phi) is 4.52. The largest absolute Gasteiger partial charge is 0.449 e. The summed E-state index contributed by atoms with van der Waals surface area (Å²) in [5.41, 5.74) is 10.6. The molecule has 1 aliphatic carbocycles. The topological polar surface area (TPSA) is 21.7 Å². The summed E-state index contributed by atoms with van der Waals surface area (Å²) in [6.07, 6.45) is 0. The van der Waals surface area contributed by atoms with Crippen molar-refractivity contribution in [1.82, 2.24) is 0 Å². The zero-order chi connectivity index (χ0) is 29.2. The van der Waals surface area contributed by atoms with Gasteiger partial charge < -0.3 is 14.4 Å². The molecule has 3 aliphatic rings. The predicted molar refractivity (Wildman–Crippen MR) is 179 cm³/mol. The lowest BCUT2D eigenvalue weighted by Crippen LogP contribution is -2.17. The van der Waals surface area contributed by atoms with Gasteiger partial charge >= 0.3 is 0 Å². The molecule has 0 amide bonds. The van der Waals surface area contributed by atoms with Crippen LogP contribution in [0.2, 0.25) is 0 Å². The molecule has 44 heavy (non-hydrogen) atoms. The summed E-state index contributed by atoms with van der Waals surface area (Å²) < 4.78 is 13.8. The van der Waals surface area contributed by atoms with Crippen molar-refractivity contribution in [2.24, 2.45) is 0 Å². The van der Waals surface area contributed by atoms with E-state index in [1.54, 1.807) is 0 Å². The molecule has 0 aromatic heterocycles. The summed E-state index contributed by atoms with van der Waals surface area (Å²) in [5.74, 6) is 2.99. The number of fused-ring (bicyclic) bond motifs is 7. The van der Waals surface area contributed by atoms with Gasteiger partial charge in [-0.05, 0) is 68.9 Å². The van der Waals surface area contributed by atoms with Crippen molar-refractivity contribution in [2.75, 3.05) is 4.90 Å². The van der Waals surface area contributed by atoms with Crippen LogP contribution in [0.1, 0.15) is 25.0 Å². The van der Waals surface area contributed by atoms with Crippen LogP contribution in [-0.2, 0) is 5.41 Å². The van der Waals surface area contributed by atoms with Gasteiger partial charge in [0.15, 0.2) is 23.0 Å². The second-order valence-electron chi connectivity index (χ2n) is 12.5. The molecule has 0 spiro atoms. The monoisotopic (exact) mass is 565 g/mol. The molecule has 0 radical (unpaired) electrons. The predicted octanol–water partition coefficient (Wildman–Crippen LogP) is 11.6. The lowest BCUT2D eigenvalue weighted by atomic mass is 9.82. The molecule has 3 heteroatoms. The first-order valence-corrected chi connectivity index (χ1v) is 15.2. The number of rotatable bonds is 1. The Hall–Kier alpha value is -5.54. The van der Waals surface area contributed by atoms with Crippen LogP contribution in [0.3, 0.4) is 0 Å². The van der Waals surface area contributed by atoms with E-state index in [1.807, 2.05) is 6.07 Å². The molecular formula is C41H27NO2. The van der Waals surface area contributed by atoms with Crippen molar-refractivity contribution in [1.29, 1.82) is 0 Å². The molecule has 0 unspecified atom stereocenters. The SMILES string of the molecule is CC1(C)c2ccccc2-c2ccc(N3c4ccccc4-c4cccc5ccc6c(c45)Oc4c3cc3ccccc3c4O6)cc21. The van der Waals surface area contributed by atoms with E-state index in [2.05, 4.69) is 140 Å². The first-order chi connectivity index (χ1) is 21.6. The summed E-state index contributed by atoms with van der Waals surface area (Å²) in [7, 11) is 0. The highest BCUT2D eigenvalue weighted by atomic mass is 16.6. The molecule has 2 bridgehead atoms. The van der Waals surface area contributed by atoms with Gasteiger partial charge in [0.25, 0.3) is 0 Å².